The quantitative estimate of drug-likeness (QED) is 0.211. The van der Waals surface area contributed by atoms with Gasteiger partial charge in [0.25, 0.3) is 11.2 Å². The van der Waals surface area contributed by atoms with Gasteiger partial charge in [-0.2, -0.15) is 0 Å². The summed E-state index contributed by atoms with van der Waals surface area (Å²) in [4.78, 5) is 39.5. The lowest BCUT2D eigenvalue weighted by Gasteiger charge is -2.13. The highest BCUT2D eigenvalue weighted by atomic mass is 32.2. The first-order chi connectivity index (χ1) is 13.0. The second-order valence-electron chi connectivity index (χ2n) is 5.42. The van der Waals surface area contributed by atoms with Gasteiger partial charge < -0.3 is 4.74 Å². The van der Waals surface area contributed by atoms with Gasteiger partial charge in [0.15, 0.2) is 5.16 Å². The molecule has 0 saturated carbocycles. The van der Waals surface area contributed by atoms with Crippen LogP contribution >= 0.6 is 11.8 Å². The van der Waals surface area contributed by atoms with Gasteiger partial charge in [0.1, 0.15) is 0 Å². The minimum absolute atomic E-state index is 0.00833. The van der Waals surface area contributed by atoms with Crippen LogP contribution in [0.2, 0.25) is 0 Å². The van der Waals surface area contributed by atoms with E-state index in [4.69, 9.17) is 4.74 Å². The number of esters is 1. The van der Waals surface area contributed by atoms with E-state index in [1.165, 1.54) is 28.8 Å². The number of hydrogen-bond donors (Lipinski definition) is 0. The molecule has 0 atom stereocenters. The summed E-state index contributed by atoms with van der Waals surface area (Å²) in [6.45, 7) is 1.98. The lowest BCUT2D eigenvalue weighted by Crippen LogP contribution is -2.22. The molecule has 0 saturated heterocycles. The molecule has 8 nitrogen and oxygen atoms in total. The number of nitrogens with zero attached hydrogens (tertiary/aromatic N) is 3. The van der Waals surface area contributed by atoms with Crippen LogP contribution < -0.4 is 5.56 Å². The number of aromatic nitrogens is 2. The molecule has 0 bridgehead atoms. The second-order valence-corrected chi connectivity index (χ2v) is 6.36. The Hall–Kier alpha value is -3.20. The Balaban J connectivity index is 2.11. The average molecular weight is 385 g/mol. The Morgan fingerprint density at radius 3 is 2.59 bits per heavy atom. The van der Waals surface area contributed by atoms with E-state index in [0.29, 0.717) is 21.7 Å². The minimum atomic E-state index is -0.512. The van der Waals surface area contributed by atoms with Gasteiger partial charge in [-0.25, -0.2) is 4.98 Å². The highest BCUT2D eigenvalue weighted by molar-refractivity contribution is 7.99. The fourth-order valence-electron chi connectivity index (χ4n) is 2.49. The third-order valence-corrected chi connectivity index (χ3v) is 4.60. The molecule has 0 radical (unpaired) electrons. The molecule has 0 unspecified atom stereocenters. The molecular formula is C18H15N3O5S. The number of nitro benzene ring substituents is 1. The van der Waals surface area contributed by atoms with Gasteiger partial charge in [0.2, 0.25) is 0 Å². The maximum absolute atomic E-state index is 13.0. The first-order valence-corrected chi connectivity index (χ1v) is 9.05. The number of non-ortho nitro benzene ring substituents is 1. The molecule has 9 heteroatoms. The van der Waals surface area contributed by atoms with Gasteiger partial charge in [-0.05, 0) is 31.2 Å². The average Bonchev–Trinajstić information content (AvgIpc) is 2.67. The maximum Gasteiger partial charge on any atom is 0.316 e. The first kappa shape index (κ1) is 18.6. The zero-order valence-electron chi connectivity index (χ0n) is 14.3. The van der Waals surface area contributed by atoms with Crippen LogP contribution in [0.15, 0.2) is 58.5 Å². The van der Waals surface area contributed by atoms with E-state index in [9.17, 15) is 19.7 Å². The van der Waals surface area contributed by atoms with Crippen LogP contribution in [0.4, 0.5) is 5.69 Å². The van der Waals surface area contributed by atoms with Crippen molar-refractivity contribution in [3.05, 3.63) is 69.0 Å². The minimum Gasteiger partial charge on any atom is -0.465 e. The summed E-state index contributed by atoms with van der Waals surface area (Å²) in [5, 5.41) is 11.6. The number of thioether (sulfide) groups is 1. The van der Waals surface area contributed by atoms with E-state index in [2.05, 4.69) is 4.98 Å². The Bertz CT molecular complexity index is 1060. The Morgan fingerprint density at radius 1 is 1.22 bits per heavy atom. The van der Waals surface area contributed by atoms with E-state index >= 15 is 0 Å². The molecule has 138 valence electrons. The van der Waals surface area contributed by atoms with Crippen molar-refractivity contribution in [2.24, 2.45) is 0 Å². The monoisotopic (exact) mass is 385 g/mol. The molecule has 0 N–H and O–H groups in total. The van der Waals surface area contributed by atoms with Gasteiger partial charge in [-0.15, -0.1) is 0 Å². The Labute approximate surface area is 157 Å². The number of benzene rings is 2. The van der Waals surface area contributed by atoms with Crippen molar-refractivity contribution in [1.29, 1.82) is 0 Å². The summed E-state index contributed by atoms with van der Waals surface area (Å²) in [7, 11) is 0. The number of nitro groups is 1. The van der Waals surface area contributed by atoms with Gasteiger partial charge in [0.05, 0.1) is 33.9 Å². The zero-order valence-corrected chi connectivity index (χ0v) is 15.1. The van der Waals surface area contributed by atoms with Gasteiger partial charge in [-0.1, -0.05) is 23.9 Å². The van der Waals surface area contributed by atoms with E-state index in [-0.39, 0.29) is 23.6 Å². The van der Waals surface area contributed by atoms with Crippen molar-refractivity contribution in [3.63, 3.8) is 0 Å². The van der Waals surface area contributed by atoms with E-state index in [1.54, 1.807) is 31.2 Å². The van der Waals surface area contributed by atoms with Crippen LogP contribution in [0, 0.1) is 10.1 Å². The predicted molar refractivity (Wildman–Crippen MR) is 101 cm³/mol. The molecule has 27 heavy (non-hydrogen) atoms. The first-order valence-electron chi connectivity index (χ1n) is 8.06. The predicted octanol–water partition coefficient (Wildman–Crippen LogP) is 2.95. The molecule has 0 amide bonds. The van der Waals surface area contributed by atoms with Crippen molar-refractivity contribution < 1.29 is 14.5 Å². The molecule has 3 aromatic rings. The third kappa shape index (κ3) is 3.98. The van der Waals surface area contributed by atoms with E-state index in [1.807, 2.05) is 0 Å². The standard InChI is InChI=1S/C18H15N3O5S/c1-2-26-16(22)11-27-18-19-15-6-4-3-5-14(15)17(23)20(18)12-7-9-13(10-8-12)21(24)25/h3-10H,2,11H2,1H3. The van der Waals surface area contributed by atoms with Crippen LogP contribution in [0.5, 0.6) is 0 Å². The van der Waals surface area contributed by atoms with Crippen molar-refractivity contribution in [2.75, 3.05) is 12.4 Å². The van der Waals surface area contributed by atoms with Gasteiger partial charge >= 0.3 is 5.97 Å². The summed E-state index contributed by atoms with van der Waals surface area (Å²) < 4.78 is 6.26. The molecule has 0 aliphatic carbocycles. The zero-order chi connectivity index (χ0) is 19.4. The summed E-state index contributed by atoms with van der Waals surface area (Å²) in [6.07, 6.45) is 0. The highest BCUT2D eigenvalue weighted by Crippen LogP contribution is 2.23. The van der Waals surface area contributed by atoms with Crippen molar-refractivity contribution in [1.82, 2.24) is 9.55 Å². The number of rotatable bonds is 6. The fourth-order valence-corrected chi connectivity index (χ4v) is 3.30. The van der Waals surface area contributed by atoms with Crippen LogP contribution in [-0.2, 0) is 9.53 Å². The molecule has 0 fully saturated rings. The maximum atomic E-state index is 13.0. The normalized spacial score (nSPS) is 10.7. The molecule has 0 spiro atoms. The summed E-state index contributed by atoms with van der Waals surface area (Å²) in [6, 6.07) is 12.5. The van der Waals surface area contributed by atoms with E-state index in [0.717, 1.165) is 11.8 Å². The fraction of sp³-hybridized carbons (Fsp3) is 0.167. The number of carbonyl (C=O) groups is 1. The Morgan fingerprint density at radius 2 is 1.93 bits per heavy atom. The lowest BCUT2D eigenvalue weighted by molar-refractivity contribution is -0.384. The number of hydrogen-bond acceptors (Lipinski definition) is 7. The lowest BCUT2D eigenvalue weighted by atomic mass is 10.2. The Kier molecular flexibility index (Phi) is 5.51. The SMILES string of the molecule is CCOC(=O)CSc1nc2ccccc2c(=O)n1-c1ccc([N+](=O)[O-])cc1. The smallest absolute Gasteiger partial charge is 0.316 e. The third-order valence-electron chi connectivity index (χ3n) is 3.69. The van der Waals surface area contributed by atoms with Crippen molar-refractivity contribution in [2.45, 2.75) is 12.1 Å². The van der Waals surface area contributed by atoms with Crippen LogP contribution in [0.3, 0.4) is 0 Å². The van der Waals surface area contributed by atoms with E-state index < -0.39 is 10.9 Å². The molecule has 1 aromatic heterocycles. The molecule has 0 aliphatic heterocycles. The number of carbonyl (C=O) groups excluding carboxylic acids is 1. The molecule has 3 rings (SSSR count). The van der Waals surface area contributed by atoms with Crippen molar-refractivity contribution >= 4 is 34.3 Å². The molecule has 1 heterocycles. The van der Waals surface area contributed by atoms with Gasteiger partial charge in [-0.3, -0.25) is 24.3 Å². The summed E-state index contributed by atoms with van der Waals surface area (Å²) >= 11 is 1.07. The number of fused-ring (bicyclic) bond motifs is 1. The van der Waals surface area contributed by atoms with Crippen LogP contribution in [0.25, 0.3) is 16.6 Å². The largest absolute Gasteiger partial charge is 0.465 e. The molecular weight excluding hydrogens is 370 g/mol. The van der Waals surface area contributed by atoms with Crippen LogP contribution in [-0.4, -0.2) is 32.8 Å². The van der Waals surface area contributed by atoms with Crippen LogP contribution in [0.1, 0.15) is 6.92 Å². The summed E-state index contributed by atoms with van der Waals surface area (Å²) in [5.41, 5.74) is 0.532. The van der Waals surface area contributed by atoms with Crippen molar-refractivity contribution in [3.8, 4) is 5.69 Å². The second kappa shape index (κ2) is 8.00. The topological polar surface area (TPSA) is 104 Å². The number of ether oxygens (including phenoxy) is 1. The molecule has 0 aliphatic rings. The number of para-hydroxylation sites is 1. The highest BCUT2D eigenvalue weighted by Gasteiger charge is 2.16. The summed E-state index contributed by atoms with van der Waals surface area (Å²) in [5.74, 6) is -0.425. The van der Waals surface area contributed by atoms with Gasteiger partial charge in [0, 0.05) is 12.1 Å². The molecule has 2 aromatic carbocycles.